The lowest BCUT2D eigenvalue weighted by Crippen LogP contribution is -2.30. The number of hydrogen-bond donors (Lipinski definition) is 1. The topological polar surface area (TPSA) is 68.5 Å². The molecule has 1 N–H and O–H groups in total. The number of aromatic nitrogens is 3. The Hall–Kier alpha value is -2.38. The molecule has 0 aliphatic carbocycles. The molecule has 3 rings (SSSR count). The zero-order valence-corrected chi connectivity index (χ0v) is 15.7. The van der Waals surface area contributed by atoms with Crippen LogP contribution in [0.3, 0.4) is 0 Å². The summed E-state index contributed by atoms with van der Waals surface area (Å²) in [4.78, 5) is 12.8. The lowest BCUT2D eigenvalue weighted by atomic mass is 10.1. The van der Waals surface area contributed by atoms with Crippen LogP contribution in [0.15, 0.2) is 48.7 Å². The van der Waals surface area contributed by atoms with Crippen LogP contribution in [0.5, 0.6) is 0 Å². The lowest BCUT2D eigenvalue weighted by molar-refractivity contribution is 0.0933. The van der Waals surface area contributed by atoms with Gasteiger partial charge in [-0.15, -0.1) is 10.2 Å². The molecule has 0 saturated heterocycles. The lowest BCUT2D eigenvalue weighted by Gasteiger charge is -2.17. The molecule has 1 unspecified atom stereocenters. The third kappa shape index (κ3) is 4.23. The fourth-order valence-corrected chi connectivity index (χ4v) is 3.28. The number of hydrogen-bond acceptors (Lipinski definition) is 5. The largest absolute Gasteiger partial charge is 0.380 e. The quantitative estimate of drug-likeness (QED) is 0.660. The van der Waals surface area contributed by atoms with Gasteiger partial charge in [-0.1, -0.05) is 18.2 Å². The highest BCUT2D eigenvalue weighted by molar-refractivity contribution is 7.98. The highest BCUT2D eigenvalue weighted by Gasteiger charge is 2.21. The number of pyridine rings is 1. The van der Waals surface area contributed by atoms with Gasteiger partial charge in [0.25, 0.3) is 5.91 Å². The average molecular weight is 370 g/mol. The van der Waals surface area contributed by atoms with Gasteiger partial charge < -0.3 is 10.1 Å². The van der Waals surface area contributed by atoms with Crippen LogP contribution in [0.2, 0.25) is 0 Å². The zero-order chi connectivity index (χ0) is 18.4. The molecule has 1 amide bonds. The number of amides is 1. The summed E-state index contributed by atoms with van der Waals surface area (Å²) in [5.41, 5.74) is 2.35. The van der Waals surface area contributed by atoms with Gasteiger partial charge in [0.15, 0.2) is 11.5 Å². The fourth-order valence-electron chi connectivity index (χ4n) is 2.81. The van der Waals surface area contributed by atoms with E-state index in [9.17, 15) is 4.79 Å². The van der Waals surface area contributed by atoms with Gasteiger partial charge in [0.1, 0.15) is 0 Å². The van der Waals surface area contributed by atoms with Crippen LogP contribution in [0.4, 0.5) is 0 Å². The number of nitrogens with one attached hydrogen (secondary N) is 1. The van der Waals surface area contributed by atoms with Crippen LogP contribution >= 0.6 is 11.8 Å². The summed E-state index contributed by atoms with van der Waals surface area (Å²) in [6, 6.07) is 13.0. The fraction of sp³-hybridized carbons (Fsp3) is 0.316. The molecule has 1 aromatic carbocycles. The molecule has 7 heteroatoms. The summed E-state index contributed by atoms with van der Waals surface area (Å²) in [6.45, 7) is 0.478. The van der Waals surface area contributed by atoms with Crippen LogP contribution in [0.1, 0.15) is 34.2 Å². The van der Waals surface area contributed by atoms with Crippen molar-refractivity contribution in [3.05, 3.63) is 65.6 Å². The first kappa shape index (κ1) is 18.4. The van der Waals surface area contributed by atoms with E-state index in [1.54, 1.807) is 18.9 Å². The Bertz CT molecular complexity index is 881. The number of rotatable bonds is 8. The van der Waals surface area contributed by atoms with Gasteiger partial charge in [-0.05, 0) is 48.3 Å². The van der Waals surface area contributed by atoms with E-state index in [0.29, 0.717) is 12.2 Å². The number of fused-ring (bicyclic) bond motifs is 1. The van der Waals surface area contributed by atoms with Crippen molar-refractivity contribution in [2.24, 2.45) is 0 Å². The SMILES string of the molecule is COCc1cccc(C(=O)NC(CCSC)c2nnc3ccccn23)c1. The van der Waals surface area contributed by atoms with Gasteiger partial charge >= 0.3 is 0 Å². The molecule has 0 spiro atoms. The molecule has 6 nitrogen and oxygen atoms in total. The Morgan fingerprint density at radius 3 is 2.96 bits per heavy atom. The molecule has 136 valence electrons. The van der Waals surface area contributed by atoms with Crippen molar-refractivity contribution in [3.8, 4) is 0 Å². The monoisotopic (exact) mass is 370 g/mol. The highest BCUT2D eigenvalue weighted by Crippen LogP contribution is 2.19. The Morgan fingerprint density at radius 1 is 1.27 bits per heavy atom. The van der Waals surface area contributed by atoms with Gasteiger partial charge in [0.2, 0.25) is 0 Å². The average Bonchev–Trinajstić information content (AvgIpc) is 3.09. The van der Waals surface area contributed by atoms with Gasteiger partial charge in [-0.25, -0.2) is 0 Å². The van der Waals surface area contributed by atoms with E-state index < -0.39 is 0 Å². The van der Waals surface area contributed by atoms with E-state index in [1.807, 2.05) is 53.1 Å². The van der Waals surface area contributed by atoms with E-state index in [-0.39, 0.29) is 11.9 Å². The molecular weight excluding hydrogens is 348 g/mol. The Morgan fingerprint density at radius 2 is 2.15 bits per heavy atom. The van der Waals surface area contributed by atoms with Crippen molar-refractivity contribution < 1.29 is 9.53 Å². The maximum atomic E-state index is 12.8. The Labute approximate surface area is 157 Å². The van der Waals surface area contributed by atoms with Crippen LogP contribution < -0.4 is 5.32 Å². The smallest absolute Gasteiger partial charge is 0.251 e. The number of ether oxygens (including phenoxy) is 1. The van der Waals surface area contributed by atoms with E-state index >= 15 is 0 Å². The van der Waals surface area contributed by atoms with Crippen LogP contribution in [0, 0.1) is 0 Å². The molecule has 0 fully saturated rings. The van der Waals surface area contributed by atoms with E-state index in [1.165, 1.54) is 0 Å². The minimum Gasteiger partial charge on any atom is -0.380 e. The molecule has 0 bridgehead atoms. The molecule has 2 aromatic heterocycles. The second kappa shape index (κ2) is 8.82. The molecule has 0 radical (unpaired) electrons. The van der Waals surface area contributed by atoms with Crippen molar-refractivity contribution in [1.29, 1.82) is 0 Å². The minimum atomic E-state index is -0.210. The van der Waals surface area contributed by atoms with Crippen LogP contribution in [0.25, 0.3) is 5.65 Å². The molecule has 2 heterocycles. The first-order valence-corrected chi connectivity index (χ1v) is 9.79. The van der Waals surface area contributed by atoms with Crippen molar-refractivity contribution in [2.75, 3.05) is 19.1 Å². The third-order valence-corrected chi connectivity index (χ3v) is 4.71. The maximum Gasteiger partial charge on any atom is 0.251 e. The summed E-state index contributed by atoms with van der Waals surface area (Å²) in [6.07, 6.45) is 4.75. The van der Waals surface area contributed by atoms with Crippen LogP contribution in [-0.2, 0) is 11.3 Å². The summed E-state index contributed by atoms with van der Waals surface area (Å²) in [5, 5.41) is 11.6. The molecule has 0 aliphatic heterocycles. The van der Waals surface area contributed by atoms with Crippen LogP contribution in [-0.4, -0.2) is 39.6 Å². The summed E-state index contributed by atoms with van der Waals surface area (Å²) in [5.74, 6) is 1.54. The van der Waals surface area contributed by atoms with Crippen molar-refractivity contribution >= 4 is 23.3 Å². The zero-order valence-electron chi connectivity index (χ0n) is 14.9. The number of methoxy groups -OCH3 is 1. The first-order chi connectivity index (χ1) is 12.7. The van der Waals surface area contributed by atoms with E-state index in [0.717, 1.165) is 29.2 Å². The molecule has 0 saturated carbocycles. The molecule has 3 aromatic rings. The minimum absolute atomic E-state index is 0.123. The second-order valence-corrected chi connectivity index (χ2v) is 6.91. The van der Waals surface area contributed by atoms with E-state index in [2.05, 4.69) is 21.8 Å². The summed E-state index contributed by atoms with van der Waals surface area (Å²) >= 11 is 1.74. The molecule has 26 heavy (non-hydrogen) atoms. The van der Waals surface area contributed by atoms with Gasteiger partial charge in [0, 0.05) is 18.9 Å². The van der Waals surface area contributed by atoms with Gasteiger partial charge in [-0.3, -0.25) is 9.20 Å². The van der Waals surface area contributed by atoms with Crippen molar-refractivity contribution in [1.82, 2.24) is 19.9 Å². The number of thioether (sulfide) groups is 1. The predicted octanol–water partition coefficient (Wildman–Crippen LogP) is 3.10. The number of benzene rings is 1. The van der Waals surface area contributed by atoms with E-state index in [4.69, 9.17) is 4.74 Å². The molecular formula is C19H22N4O2S. The van der Waals surface area contributed by atoms with Crippen molar-refractivity contribution in [2.45, 2.75) is 19.1 Å². The summed E-state index contributed by atoms with van der Waals surface area (Å²) < 4.78 is 7.07. The van der Waals surface area contributed by atoms with Crippen molar-refractivity contribution in [3.63, 3.8) is 0 Å². The number of carbonyl (C=O) groups excluding carboxylic acids is 1. The highest BCUT2D eigenvalue weighted by atomic mass is 32.2. The molecule has 0 aliphatic rings. The third-order valence-electron chi connectivity index (χ3n) is 4.07. The Balaban J connectivity index is 1.84. The molecule has 1 atom stereocenters. The number of carbonyl (C=O) groups is 1. The summed E-state index contributed by atoms with van der Waals surface area (Å²) in [7, 11) is 1.64. The standard InChI is InChI=1S/C19H22N4O2S/c1-25-13-14-6-5-7-15(12-14)19(24)20-16(9-11-26-2)18-22-21-17-8-3-4-10-23(17)18/h3-8,10,12,16H,9,11,13H2,1-2H3,(H,20,24). The Kier molecular flexibility index (Phi) is 6.25. The van der Waals surface area contributed by atoms with Gasteiger partial charge in [0.05, 0.1) is 12.6 Å². The second-order valence-electron chi connectivity index (χ2n) is 5.93. The van der Waals surface area contributed by atoms with Gasteiger partial charge in [-0.2, -0.15) is 11.8 Å². The normalized spacial score (nSPS) is 12.2. The first-order valence-electron chi connectivity index (χ1n) is 8.40. The predicted molar refractivity (Wildman–Crippen MR) is 103 cm³/mol. The maximum absolute atomic E-state index is 12.8. The number of nitrogens with zero attached hydrogens (tertiary/aromatic N) is 3.